The maximum Gasteiger partial charge on any atom is 0.240 e. The van der Waals surface area contributed by atoms with Gasteiger partial charge in [0.15, 0.2) is 0 Å². The number of aliphatic hydroxyl groups is 1. The normalized spacial score (nSPS) is 13.6. The number of rotatable bonds is 7. The quantitative estimate of drug-likeness (QED) is 0.708. The highest BCUT2D eigenvalue weighted by Gasteiger charge is 2.28. The van der Waals surface area contributed by atoms with Gasteiger partial charge in [0.1, 0.15) is 5.82 Å². The Hall–Kier alpha value is -1.96. The molecular weight excluding hydrogens is 326 g/mol. The number of nitrogens with zero attached hydrogens (tertiary/aromatic N) is 1. The Morgan fingerprint density at radius 3 is 2.42 bits per heavy atom. The number of nitrogen functional groups attached to an aromatic ring is 1. The minimum atomic E-state index is -3.56. The largest absolute Gasteiger partial charge is 0.390 e. The number of nitrogens with one attached hydrogen (secondary N) is 1. The smallest absolute Gasteiger partial charge is 0.240 e. The van der Waals surface area contributed by atoms with E-state index in [1.54, 1.807) is 62.5 Å². The number of anilines is 1. The molecule has 2 rings (SSSR count). The van der Waals surface area contributed by atoms with Crippen LogP contribution in [0.25, 0.3) is 0 Å². The van der Waals surface area contributed by atoms with Crippen molar-refractivity contribution in [3.63, 3.8) is 0 Å². The third-order valence-electron chi connectivity index (χ3n) is 3.84. The number of sulfonamides is 1. The summed E-state index contributed by atoms with van der Waals surface area (Å²) < 4.78 is 27.1. The summed E-state index contributed by atoms with van der Waals surface area (Å²) in [6.45, 7) is 3.59. The molecule has 1 aromatic heterocycles. The Balaban J connectivity index is 2.08. The van der Waals surface area contributed by atoms with Crippen LogP contribution in [-0.4, -0.2) is 30.7 Å². The first-order valence-corrected chi connectivity index (χ1v) is 9.17. The van der Waals surface area contributed by atoms with E-state index in [9.17, 15) is 13.5 Å². The van der Waals surface area contributed by atoms with Gasteiger partial charge in [0.25, 0.3) is 0 Å². The second-order valence-corrected chi connectivity index (χ2v) is 7.99. The van der Waals surface area contributed by atoms with Crippen LogP contribution in [0.4, 0.5) is 5.82 Å². The molecule has 1 aromatic carbocycles. The van der Waals surface area contributed by atoms with Gasteiger partial charge in [-0.25, -0.2) is 18.1 Å². The third kappa shape index (κ3) is 4.77. The molecule has 2 aromatic rings. The first-order chi connectivity index (χ1) is 11.2. The lowest BCUT2D eigenvalue weighted by atomic mass is 9.83. The fourth-order valence-corrected chi connectivity index (χ4v) is 3.64. The third-order valence-corrected chi connectivity index (χ3v) is 5.32. The predicted molar refractivity (Wildman–Crippen MR) is 93.9 cm³/mol. The first-order valence-electron chi connectivity index (χ1n) is 7.68. The second kappa shape index (κ2) is 7.29. The second-order valence-electron chi connectivity index (χ2n) is 6.22. The molecule has 0 radical (unpaired) electrons. The van der Waals surface area contributed by atoms with Crippen molar-refractivity contribution in [2.75, 3.05) is 12.3 Å². The number of hydrogen-bond acceptors (Lipinski definition) is 5. The number of benzene rings is 1. The molecule has 1 unspecified atom stereocenters. The van der Waals surface area contributed by atoms with Crippen molar-refractivity contribution in [2.45, 2.75) is 36.7 Å². The Morgan fingerprint density at radius 1 is 1.21 bits per heavy atom. The van der Waals surface area contributed by atoms with E-state index in [-0.39, 0.29) is 17.4 Å². The summed E-state index contributed by atoms with van der Waals surface area (Å²) in [5, 5.41) is 10.4. The van der Waals surface area contributed by atoms with Crippen molar-refractivity contribution in [1.82, 2.24) is 9.71 Å². The topological polar surface area (TPSA) is 105 Å². The first kappa shape index (κ1) is 18.4. The summed E-state index contributed by atoms with van der Waals surface area (Å²) in [6.07, 6.45) is 2.05. The van der Waals surface area contributed by atoms with Crippen molar-refractivity contribution in [1.29, 1.82) is 0 Å². The maximum absolute atomic E-state index is 12.2. The van der Waals surface area contributed by atoms with Crippen molar-refractivity contribution < 1.29 is 13.5 Å². The van der Waals surface area contributed by atoms with Crippen LogP contribution >= 0.6 is 0 Å². The molecule has 0 bridgehead atoms. The highest BCUT2D eigenvalue weighted by Crippen LogP contribution is 2.30. The Labute approximate surface area is 142 Å². The number of aromatic nitrogens is 1. The van der Waals surface area contributed by atoms with Crippen LogP contribution in [0.1, 0.15) is 31.7 Å². The summed E-state index contributed by atoms with van der Waals surface area (Å²) in [5.74, 6) is 0.127. The van der Waals surface area contributed by atoms with Gasteiger partial charge in [-0.05, 0) is 44.0 Å². The van der Waals surface area contributed by atoms with Crippen LogP contribution in [0.5, 0.6) is 0 Å². The highest BCUT2D eigenvalue weighted by atomic mass is 32.2. The number of hydrogen-bond donors (Lipinski definition) is 3. The van der Waals surface area contributed by atoms with Crippen LogP contribution < -0.4 is 10.5 Å². The molecule has 0 spiro atoms. The molecule has 130 valence electrons. The van der Waals surface area contributed by atoms with E-state index in [1.165, 1.54) is 0 Å². The van der Waals surface area contributed by atoms with Crippen molar-refractivity contribution in [3.05, 3.63) is 54.2 Å². The standard InChI is InChI=1S/C17H23N3O3S/c1-17(2,21)15(13-8-9-16(18)19-12-13)10-11-20-24(22,23)14-6-4-3-5-7-14/h3-9,12,15,20-21H,10-11H2,1-2H3,(H2,18,19). The zero-order valence-electron chi connectivity index (χ0n) is 13.8. The lowest BCUT2D eigenvalue weighted by Crippen LogP contribution is -2.33. The molecule has 0 aliphatic rings. The molecule has 0 fully saturated rings. The zero-order valence-corrected chi connectivity index (χ0v) is 14.6. The molecule has 0 aliphatic heterocycles. The van der Waals surface area contributed by atoms with Crippen LogP contribution in [0.2, 0.25) is 0 Å². The molecule has 0 saturated heterocycles. The van der Waals surface area contributed by atoms with Gasteiger partial charge in [0, 0.05) is 18.7 Å². The summed E-state index contributed by atoms with van der Waals surface area (Å²) in [4.78, 5) is 4.27. The molecule has 0 amide bonds. The van der Waals surface area contributed by atoms with Crippen LogP contribution in [0, 0.1) is 0 Å². The minimum Gasteiger partial charge on any atom is -0.390 e. The van der Waals surface area contributed by atoms with Gasteiger partial charge >= 0.3 is 0 Å². The van der Waals surface area contributed by atoms with Gasteiger partial charge in [-0.3, -0.25) is 0 Å². The van der Waals surface area contributed by atoms with Crippen molar-refractivity contribution >= 4 is 15.8 Å². The zero-order chi connectivity index (χ0) is 17.8. The minimum absolute atomic E-state index is 0.205. The van der Waals surface area contributed by atoms with Crippen molar-refractivity contribution in [3.8, 4) is 0 Å². The average molecular weight is 349 g/mol. The maximum atomic E-state index is 12.2. The Morgan fingerprint density at radius 2 is 1.88 bits per heavy atom. The summed E-state index contributed by atoms with van der Waals surface area (Å²) >= 11 is 0. The van der Waals surface area contributed by atoms with Crippen LogP contribution in [-0.2, 0) is 10.0 Å². The van der Waals surface area contributed by atoms with Gasteiger partial charge in [0.05, 0.1) is 10.5 Å². The van der Waals surface area contributed by atoms with Crippen molar-refractivity contribution in [2.24, 2.45) is 0 Å². The van der Waals surface area contributed by atoms with Gasteiger partial charge in [-0.15, -0.1) is 0 Å². The Bertz CT molecular complexity index is 754. The fraction of sp³-hybridized carbons (Fsp3) is 0.353. The lowest BCUT2D eigenvalue weighted by Gasteiger charge is -2.29. The molecule has 7 heteroatoms. The van der Waals surface area contributed by atoms with Gasteiger partial charge < -0.3 is 10.8 Å². The molecule has 0 aliphatic carbocycles. The van der Waals surface area contributed by atoms with Gasteiger partial charge in [0.2, 0.25) is 10.0 Å². The molecular formula is C17H23N3O3S. The fourth-order valence-electron chi connectivity index (χ4n) is 2.57. The van der Waals surface area contributed by atoms with E-state index in [1.807, 2.05) is 0 Å². The summed E-state index contributed by atoms with van der Waals surface area (Å²) in [6, 6.07) is 11.7. The molecule has 6 nitrogen and oxygen atoms in total. The van der Waals surface area contributed by atoms with E-state index in [2.05, 4.69) is 9.71 Å². The molecule has 4 N–H and O–H groups in total. The molecule has 1 heterocycles. The summed E-state index contributed by atoms with van der Waals surface area (Å²) in [7, 11) is -3.56. The predicted octanol–water partition coefficient (Wildman–Crippen LogP) is 1.89. The monoisotopic (exact) mass is 349 g/mol. The van der Waals surface area contributed by atoms with E-state index >= 15 is 0 Å². The Kier molecular flexibility index (Phi) is 5.58. The molecule has 1 atom stereocenters. The summed E-state index contributed by atoms with van der Waals surface area (Å²) in [5.41, 5.74) is 5.39. The van der Waals surface area contributed by atoms with E-state index in [4.69, 9.17) is 5.73 Å². The SMILES string of the molecule is CC(C)(O)C(CCNS(=O)(=O)c1ccccc1)c1ccc(N)nc1. The highest BCUT2D eigenvalue weighted by molar-refractivity contribution is 7.89. The van der Waals surface area contributed by atoms with Gasteiger partial charge in [-0.1, -0.05) is 24.3 Å². The van der Waals surface area contributed by atoms with E-state index in [0.717, 1.165) is 5.56 Å². The lowest BCUT2D eigenvalue weighted by molar-refractivity contribution is 0.0469. The van der Waals surface area contributed by atoms with E-state index in [0.29, 0.717) is 12.2 Å². The van der Waals surface area contributed by atoms with Crippen LogP contribution in [0.15, 0.2) is 53.6 Å². The van der Waals surface area contributed by atoms with Crippen LogP contribution in [0.3, 0.4) is 0 Å². The molecule has 24 heavy (non-hydrogen) atoms. The number of nitrogens with two attached hydrogens (primary N) is 1. The molecule has 0 saturated carbocycles. The number of pyridine rings is 1. The van der Waals surface area contributed by atoms with E-state index < -0.39 is 15.6 Å². The average Bonchev–Trinajstić information content (AvgIpc) is 2.52. The van der Waals surface area contributed by atoms with Gasteiger partial charge in [-0.2, -0.15) is 0 Å².